The van der Waals surface area contributed by atoms with Gasteiger partial charge < -0.3 is 25.3 Å². The van der Waals surface area contributed by atoms with Crippen molar-refractivity contribution in [2.45, 2.75) is 52.4 Å². The third-order valence-corrected chi connectivity index (χ3v) is 5.24. The average Bonchev–Trinajstić information content (AvgIpc) is 2.52. The summed E-state index contributed by atoms with van der Waals surface area (Å²) in [7, 11) is 0. The van der Waals surface area contributed by atoms with Crippen molar-refractivity contribution >= 4 is 35.1 Å². The Morgan fingerprint density at radius 3 is 1.00 bits per heavy atom. The smallest absolute Gasteiger partial charge is 0.0132 e. The second-order valence-corrected chi connectivity index (χ2v) is 9.13. The first-order valence-corrected chi connectivity index (χ1v) is 9.12. The summed E-state index contributed by atoms with van der Waals surface area (Å²) in [5.41, 5.74) is 4.92. The van der Waals surface area contributed by atoms with E-state index in [-0.39, 0.29) is 10.8 Å². The Morgan fingerprint density at radius 1 is 0.542 bits per heavy atom. The zero-order valence-electron chi connectivity index (χ0n) is 15.4. The van der Waals surface area contributed by atoms with Gasteiger partial charge >= 0.3 is 0 Å². The molecule has 0 nitrogen and oxygen atoms in total. The molecule has 0 aliphatic carbocycles. The van der Waals surface area contributed by atoms with Crippen molar-refractivity contribution in [3.63, 3.8) is 0 Å². The van der Waals surface area contributed by atoms with Crippen molar-refractivity contribution in [2.24, 2.45) is 0 Å². The molecule has 0 aliphatic heterocycles. The van der Waals surface area contributed by atoms with Gasteiger partial charge in [-0.05, 0) is 33.1 Å². The van der Waals surface area contributed by atoms with Gasteiger partial charge in [0.2, 0.25) is 0 Å². The van der Waals surface area contributed by atoms with Gasteiger partial charge in [0.15, 0.2) is 0 Å². The largest absolute Gasteiger partial charge is 0.781 e. The van der Waals surface area contributed by atoms with Crippen molar-refractivity contribution in [1.82, 2.24) is 0 Å². The van der Waals surface area contributed by atoms with Gasteiger partial charge in [-0.15, -0.1) is 0 Å². The first kappa shape index (κ1) is 19.0. The van der Waals surface area contributed by atoms with Crippen LogP contribution in [-0.2, 0) is 36.1 Å². The molecule has 0 N–H and O–H groups in total. The predicted octanol–water partition coefficient (Wildman–Crippen LogP) is 6.20. The van der Waals surface area contributed by atoms with E-state index in [0.29, 0.717) is 0 Å². The van der Waals surface area contributed by atoms with Gasteiger partial charge in [-0.3, -0.25) is 0 Å². The van der Waals surface area contributed by atoms with E-state index in [1.165, 1.54) is 11.1 Å². The molecular weight excluding hydrogens is 328 g/mol. The maximum absolute atomic E-state index is 5.63. The van der Waals surface area contributed by atoms with Gasteiger partial charge in [0.25, 0.3) is 0 Å². The average molecular weight is 355 g/mol. The molecule has 0 aromatic heterocycles. The Labute approximate surface area is 158 Å². The van der Waals surface area contributed by atoms with E-state index in [1.807, 2.05) is 0 Å². The molecule has 128 valence electrons. The Hall–Kier alpha value is -1.38. The highest BCUT2D eigenvalue weighted by Gasteiger charge is 2.13. The monoisotopic (exact) mass is 354 g/mol. The number of hydrogen-bond donors (Lipinski definition) is 0. The van der Waals surface area contributed by atoms with Gasteiger partial charge in [0, 0.05) is 0 Å². The maximum atomic E-state index is 5.63. The van der Waals surface area contributed by atoms with Crippen LogP contribution in [0.4, 0.5) is 0 Å². The number of hydrogen-bond acceptors (Lipinski definition) is 2. The number of rotatable bonds is 2. The summed E-state index contributed by atoms with van der Waals surface area (Å²) in [4.78, 5) is 1.49. The van der Waals surface area contributed by atoms with Crippen LogP contribution in [0.5, 0.6) is 0 Å². The van der Waals surface area contributed by atoms with Crippen molar-refractivity contribution < 1.29 is 0 Å². The van der Waals surface area contributed by atoms with Crippen molar-refractivity contribution in [3.8, 4) is 0 Å². The first-order valence-electron chi connectivity index (χ1n) is 8.30. The summed E-state index contributed by atoms with van der Waals surface area (Å²) in [6, 6.07) is 16.9. The van der Waals surface area contributed by atoms with E-state index in [1.54, 1.807) is 0 Å². The molecule has 0 aliphatic rings. The van der Waals surface area contributed by atoms with Gasteiger partial charge in [-0.1, -0.05) is 90.1 Å². The fourth-order valence-corrected chi connectivity index (χ4v) is 3.01. The minimum atomic E-state index is 0.142. The molecule has 0 atom stereocenters. The van der Waals surface area contributed by atoms with E-state index >= 15 is 0 Å². The summed E-state index contributed by atoms with van der Waals surface area (Å²) >= 11 is 11.3. The van der Waals surface area contributed by atoms with Crippen molar-refractivity contribution in [2.75, 3.05) is 0 Å². The lowest BCUT2D eigenvalue weighted by Crippen LogP contribution is -2.10. The lowest BCUT2D eigenvalue weighted by molar-refractivity contribution is 0.590. The van der Waals surface area contributed by atoms with Crippen LogP contribution in [0.25, 0.3) is 9.81 Å². The highest BCUT2D eigenvalue weighted by atomic mass is 32.1. The molecule has 0 spiro atoms. The van der Waals surface area contributed by atoms with Crippen LogP contribution >= 0.6 is 0 Å². The summed E-state index contributed by atoms with van der Waals surface area (Å²) in [5, 5.41) is 0. The molecule has 0 saturated heterocycles. The highest BCUT2D eigenvalue weighted by Crippen LogP contribution is 2.29. The lowest BCUT2D eigenvalue weighted by atomic mass is 9.86. The molecule has 0 radical (unpaired) electrons. The molecule has 0 bridgehead atoms. The fraction of sp³-hybridized carbons (Fsp3) is 0.364. The van der Waals surface area contributed by atoms with E-state index in [0.717, 1.165) is 20.9 Å². The van der Waals surface area contributed by atoms with Gasteiger partial charge in [0.05, 0.1) is 0 Å². The quantitative estimate of drug-likeness (QED) is 0.465. The zero-order valence-corrected chi connectivity index (χ0v) is 17.1. The highest BCUT2D eigenvalue weighted by molar-refractivity contribution is 7.77. The van der Waals surface area contributed by atoms with Crippen LogP contribution < -0.4 is 0 Å². The molecule has 2 aromatic carbocycles. The van der Waals surface area contributed by atoms with Crippen LogP contribution in [-0.4, -0.2) is 0 Å². The molecule has 0 fully saturated rings. The Bertz CT molecular complexity index is 656. The molecular formula is C22H26S2-2. The SMILES string of the molecule is CC(C)(C)c1ccc(/C([S-])=C(/[S-])c2ccc(C(C)(C)C)cc2)cc1. The third kappa shape index (κ3) is 4.37. The second kappa shape index (κ2) is 6.85. The van der Waals surface area contributed by atoms with Crippen LogP contribution in [0.3, 0.4) is 0 Å². The van der Waals surface area contributed by atoms with Crippen LogP contribution in [0.15, 0.2) is 48.5 Å². The van der Waals surface area contributed by atoms with E-state index in [9.17, 15) is 0 Å². The fourth-order valence-electron chi connectivity index (χ4n) is 2.51. The molecule has 0 heterocycles. The second-order valence-electron chi connectivity index (χ2n) is 8.31. The standard InChI is InChI=1S/C22H28S2/c1-21(2,3)17-11-7-15(8-12-17)19(23)20(24)16-9-13-18(14-10-16)22(4,5)6/h7-14,23-24H,1-6H3/p-2/b20-19-. The Morgan fingerprint density at radius 2 is 0.792 bits per heavy atom. The summed E-state index contributed by atoms with van der Waals surface area (Å²) in [6.45, 7) is 13.3. The normalized spacial score (nSPS) is 13.6. The minimum Gasteiger partial charge on any atom is -0.781 e. The zero-order chi connectivity index (χ0) is 18.1. The molecule has 2 aromatic rings. The Kier molecular flexibility index (Phi) is 5.41. The van der Waals surface area contributed by atoms with Crippen LogP contribution in [0.2, 0.25) is 0 Å². The van der Waals surface area contributed by atoms with Gasteiger partial charge in [-0.25, -0.2) is 0 Å². The molecule has 0 saturated carbocycles. The molecule has 0 amide bonds. The van der Waals surface area contributed by atoms with E-state index in [4.69, 9.17) is 25.3 Å². The molecule has 2 rings (SSSR count). The summed E-state index contributed by atoms with van der Waals surface area (Å²) in [5.74, 6) is 0. The molecule has 2 heteroatoms. The maximum Gasteiger partial charge on any atom is -0.0132 e. The molecule has 24 heavy (non-hydrogen) atoms. The molecule has 0 unspecified atom stereocenters. The summed E-state index contributed by atoms with van der Waals surface area (Å²) in [6.07, 6.45) is 0. The Balaban J connectivity index is 2.33. The van der Waals surface area contributed by atoms with Crippen LogP contribution in [0.1, 0.15) is 63.8 Å². The van der Waals surface area contributed by atoms with Crippen molar-refractivity contribution in [3.05, 3.63) is 70.8 Å². The summed E-state index contributed by atoms with van der Waals surface area (Å²) < 4.78 is 0. The first-order chi connectivity index (χ1) is 11.0. The lowest BCUT2D eigenvalue weighted by Gasteiger charge is -2.28. The third-order valence-electron chi connectivity index (χ3n) is 4.23. The van der Waals surface area contributed by atoms with Gasteiger partial charge in [0.1, 0.15) is 0 Å². The van der Waals surface area contributed by atoms with E-state index in [2.05, 4.69) is 90.1 Å². The number of benzene rings is 2. The topological polar surface area (TPSA) is 0 Å². The van der Waals surface area contributed by atoms with E-state index < -0.39 is 0 Å². The minimum absolute atomic E-state index is 0.142. The van der Waals surface area contributed by atoms with Gasteiger partial charge in [-0.2, -0.15) is 9.81 Å². The predicted molar refractivity (Wildman–Crippen MR) is 112 cm³/mol. The van der Waals surface area contributed by atoms with Crippen molar-refractivity contribution in [1.29, 1.82) is 0 Å². The van der Waals surface area contributed by atoms with Crippen LogP contribution in [0, 0.1) is 0 Å².